The molecular weight excluding hydrogens is 218 g/mol. The number of hydrogen-bond acceptors (Lipinski definition) is 3. The van der Waals surface area contributed by atoms with E-state index in [0.717, 1.165) is 5.25 Å². The molecule has 1 saturated carbocycles. The first kappa shape index (κ1) is 12.0. The van der Waals surface area contributed by atoms with Gasteiger partial charge in [0.2, 0.25) is 0 Å². The van der Waals surface area contributed by atoms with E-state index in [-0.39, 0.29) is 0 Å². The topological polar surface area (TPSA) is 29.9 Å². The summed E-state index contributed by atoms with van der Waals surface area (Å²) in [4.78, 5) is 0. The van der Waals surface area contributed by atoms with Crippen LogP contribution in [0.4, 0.5) is 0 Å². The highest BCUT2D eigenvalue weighted by atomic mass is 32.2. The van der Waals surface area contributed by atoms with E-state index in [2.05, 4.69) is 29.7 Å². The standard InChI is InChI=1S/C12H21N3S/c1-9(11-7-8-13-15(11)2)14-10-5-4-6-12(10)16-3/h7-10,12,14H,4-6H2,1-3H3. The Bertz CT molecular complexity index is 337. The van der Waals surface area contributed by atoms with Crippen LogP contribution in [0, 0.1) is 0 Å². The lowest BCUT2D eigenvalue weighted by molar-refractivity contribution is 0.448. The Kier molecular flexibility index (Phi) is 3.92. The Morgan fingerprint density at radius 3 is 3.00 bits per heavy atom. The van der Waals surface area contributed by atoms with Crippen molar-refractivity contribution >= 4 is 11.8 Å². The van der Waals surface area contributed by atoms with Crippen molar-refractivity contribution in [2.75, 3.05) is 6.26 Å². The van der Waals surface area contributed by atoms with Crippen LogP contribution in [0.25, 0.3) is 0 Å². The summed E-state index contributed by atoms with van der Waals surface area (Å²) in [6, 6.07) is 3.16. The third kappa shape index (κ3) is 2.43. The van der Waals surface area contributed by atoms with E-state index in [4.69, 9.17) is 0 Å². The summed E-state index contributed by atoms with van der Waals surface area (Å²) in [6.45, 7) is 2.23. The molecule has 3 nitrogen and oxygen atoms in total. The van der Waals surface area contributed by atoms with E-state index >= 15 is 0 Å². The second-order valence-electron chi connectivity index (χ2n) is 4.58. The van der Waals surface area contributed by atoms with Crippen molar-refractivity contribution in [2.45, 2.75) is 43.5 Å². The summed E-state index contributed by atoms with van der Waals surface area (Å²) in [6.07, 6.45) is 8.12. The molecule has 1 fully saturated rings. The van der Waals surface area contributed by atoms with Gasteiger partial charge in [-0.15, -0.1) is 0 Å². The molecule has 90 valence electrons. The first-order valence-electron chi connectivity index (χ1n) is 5.99. The Balaban J connectivity index is 1.97. The number of thioether (sulfide) groups is 1. The van der Waals surface area contributed by atoms with Gasteiger partial charge in [0.05, 0.1) is 5.69 Å². The van der Waals surface area contributed by atoms with Crippen molar-refractivity contribution < 1.29 is 0 Å². The second kappa shape index (κ2) is 5.23. The number of nitrogens with zero attached hydrogens (tertiary/aromatic N) is 2. The van der Waals surface area contributed by atoms with Gasteiger partial charge in [-0.3, -0.25) is 4.68 Å². The van der Waals surface area contributed by atoms with Gasteiger partial charge in [-0.2, -0.15) is 16.9 Å². The van der Waals surface area contributed by atoms with Gasteiger partial charge in [-0.1, -0.05) is 6.42 Å². The molecule has 1 heterocycles. The molecule has 1 aliphatic carbocycles. The van der Waals surface area contributed by atoms with Crippen molar-refractivity contribution in [3.05, 3.63) is 18.0 Å². The fraction of sp³-hybridized carbons (Fsp3) is 0.750. The van der Waals surface area contributed by atoms with Gasteiger partial charge in [0, 0.05) is 30.6 Å². The third-order valence-electron chi connectivity index (χ3n) is 3.52. The predicted octanol–water partition coefficient (Wildman–Crippen LogP) is 2.35. The summed E-state index contributed by atoms with van der Waals surface area (Å²) in [5, 5.41) is 8.75. The van der Waals surface area contributed by atoms with Gasteiger partial charge in [0.1, 0.15) is 0 Å². The van der Waals surface area contributed by atoms with Crippen molar-refractivity contribution in [1.82, 2.24) is 15.1 Å². The Hall–Kier alpha value is -0.480. The Labute approximate surface area is 102 Å². The molecule has 0 aliphatic heterocycles. The van der Waals surface area contributed by atoms with E-state index in [1.807, 2.05) is 29.7 Å². The normalized spacial score (nSPS) is 27.2. The minimum Gasteiger partial charge on any atom is -0.305 e. The maximum atomic E-state index is 4.22. The fourth-order valence-electron chi connectivity index (χ4n) is 2.61. The largest absolute Gasteiger partial charge is 0.305 e. The summed E-state index contributed by atoms with van der Waals surface area (Å²) in [5.74, 6) is 0. The third-order valence-corrected chi connectivity index (χ3v) is 4.69. The lowest BCUT2D eigenvalue weighted by atomic mass is 10.1. The van der Waals surface area contributed by atoms with E-state index in [9.17, 15) is 0 Å². The zero-order chi connectivity index (χ0) is 11.5. The van der Waals surface area contributed by atoms with E-state index < -0.39 is 0 Å². The van der Waals surface area contributed by atoms with Gasteiger partial charge in [-0.25, -0.2) is 0 Å². The molecule has 0 radical (unpaired) electrons. The van der Waals surface area contributed by atoms with E-state index in [1.165, 1.54) is 25.0 Å². The highest BCUT2D eigenvalue weighted by Crippen LogP contribution is 2.30. The van der Waals surface area contributed by atoms with Gasteiger partial charge in [-0.05, 0) is 32.1 Å². The van der Waals surface area contributed by atoms with Crippen LogP contribution in [0.5, 0.6) is 0 Å². The average Bonchev–Trinajstić information content (AvgIpc) is 2.86. The molecule has 0 aromatic carbocycles. The first-order valence-corrected chi connectivity index (χ1v) is 7.28. The predicted molar refractivity (Wildman–Crippen MR) is 69.7 cm³/mol. The molecule has 2 rings (SSSR count). The molecule has 3 atom stereocenters. The van der Waals surface area contributed by atoms with Gasteiger partial charge in [0.25, 0.3) is 0 Å². The van der Waals surface area contributed by atoms with Crippen LogP contribution in [0.1, 0.15) is 37.9 Å². The lowest BCUT2D eigenvalue weighted by Crippen LogP contribution is -2.36. The van der Waals surface area contributed by atoms with Gasteiger partial charge >= 0.3 is 0 Å². The molecule has 0 amide bonds. The number of rotatable bonds is 4. The molecule has 0 spiro atoms. The molecular formula is C12H21N3S. The lowest BCUT2D eigenvalue weighted by Gasteiger charge is -2.24. The molecule has 1 N–H and O–H groups in total. The van der Waals surface area contributed by atoms with Crippen molar-refractivity contribution in [2.24, 2.45) is 7.05 Å². The van der Waals surface area contributed by atoms with Crippen LogP contribution in [0.3, 0.4) is 0 Å². The highest BCUT2D eigenvalue weighted by molar-refractivity contribution is 7.99. The van der Waals surface area contributed by atoms with E-state index in [0.29, 0.717) is 12.1 Å². The summed E-state index contributed by atoms with van der Waals surface area (Å²) in [5.41, 5.74) is 1.27. The zero-order valence-electron chi connectivity index (χ0n) is 10.3. The quantitative estimate of drug-likeness (QED) is 0.875. The second-order valence-corrected chi connectivity index (χ2v) is 5.66. The van der Waals surface area contributed by atoms with Crippen molar-refractivity contribution in [3.8, 4) is 0 Å². The molecule has 3 unspecified atom stereocenters. The number of hydrogen-bond donors (Lipinski definition) is 1. The molecule has 0 bridgehead atoms. The van der Waals surface area contributed by atoms with Crippen LogP contribution in [-0.2, 0) is 7.05 Å². The molecule has 1 aromatic heterocycles. The maximum absolute atomic E-state index is 4.22. The number of nitrogens with one attached hydrogen (secondary N) is 1. The number of aromatic nitrogens is 2. The maximum Gasteiger partial charge on any atom is 0.0547 e. The van der Waals surface area contributed by atoms with Crippen LogP contribution in [-0.4, -0.2) is 27.3 Å². The minimum absolute atomic E-state index is 0.394. The Morgan fingerprint density at radius 1 is 1.56 bits per heavy atom. The van der Waals surface area contributed by atoms with Gasteiger partial charge < -0.3 is 5.32 Å². The highest BCUT2D eigenvalue weighted by Gasteiger charge is 2.27. The number of aryl methyl sites for hydroxylation is 1. The van der Waals surface area contributed by atoms with Gasteiger partial charge in [0.15, 0.2) is 0 Å². The summed E-state index contributed by atoms with van der Waals surface area (Å²) in [7, 11) is 2.01. The van der Waals surface area contributed by atoms with E-state index in [1.54, 1.807) is 0 Å². The van der Waals surface area contributed by atoms with Crippen LogP contribution in [0.15, 0.2) is 12.3 Å². The fourth-order valence-corrected chi connectivity index (χ4v) is 3.56. The van der Waals surface area contributed by atoms with Crippen molar-refractivity contribution in [1.29, 1.82) is 0 Å². The smallest absolute Gasteiger partial charge is 0.0547 e. The van der Waals surface area contributed by atoms with Crippen LogP contribution >= 0.6 is 11.8 Å². The van der Waals surface area contributed by atoms with Crippen LogP contribution in [0.2, 0.25) is 0 Å². The summed E-state index contributed by atoms with van der Waals surface area (Å²) < 4.78 is 1.96. The average molecular weight is 239 g/mol. The molecule has 1 aromatic rings. The van der Waals surface area contributed by atoms with Crippen molar-refractivity contribution in [3.63, 3.8) is 0 Å². The molecule has 4 heteroatoms. The minimum atomic E-state index is 0.394. The zero-order valence-corrected chi connectivity index (χ0v) is 11.1. The van der Waals surface area contributed by atoms with Crippen LogP contribution < -0.4 is 5.32 Å². The first-order chi connectivity index (χ1) is 7.72. The molecule has 0 saturated heterocycles. The molecule has 1 aliphatic rings. The molecule has 16 heavy (non-hydrogen) atoms. The summed E-state index contributed by atoms with van der Waals surface area (Å²) >= 11 is 2.00. The Morgan fingerprint density at radius 2 is 2.38 bits per heavy atom. The SMILES string of the molecule is CSC1CCCC1NC(C)c1ccnn1C. The monoisotopic (exact) mass is 239 g/mol.